The van der Waals surface area contributed by atoms with Crippen LogP contribution in [0.25, 0.3) is 5.82 Å². The molecule has 0 aromatic carbocycles. The Morgan fingerprint density at radius 2 is 2.10 bits per heavy atom. The second-order valence-electron chi connectivity index (χ2n) is 4.13. The number of pyridine rings is 1. The predicted octanol–water partition coefficient (Wildman–Crippen LogP) is 3.76. The average molecular weight is 305 g/mol. The van der Waals surface area contributed by atoms with Crippen LogP contribution >= 0.6 is 11.6 Å². The molecule has 1 N–H and O–H groups in total. The average Bonchev–Trinajstić information content (AvgIpc) is 2.82. The van der Waals surface area contributed by atoms with Crippen LogP contribution in [-0.2, 0) is 6.18 Å². The number of aromatic nitrogens is 3. The first-order valence-corrected chi connectivity index (χ1v) is 6.31. The van der Waals surface area contributed by atoms with Gasteiger partial charge in [-0.3, -0.25) is 0 Å². The Labute approximate surface area is 118 Å². The zero-order chi connectivity index (χ0) is 14.8. The van der Waals surface area contributed by atoms with Crippen molar-refractivity contribution in [3.05, 3.63) is 35.1 Å². The molecule has 0 fully saturated rings. The maximum Gasteiger partial charge on any atom is 0.416 e. The molecule has 0 spiro atoms. The van der Waals surface area contributed by atoms with Crippen molar-refractivity contribution >= 4 is 17.4 Å². The molecular formula is C12H12ClF3N4. The summed E-state index contributed by atoms with van der Waals surface area (Å²) in [6.45, 7) is 2.45. The minimum absolute atomic E-state index is 0.0605. The molecule has 8 heteroatoms. The number of hydrogen-bond acceptors (Lipinski definition) is 3. The predicted molar refractivity (Wildman–Crippen MR) is 70.2 cm³/mol. The minimum atomic E-state index is -4.45. The Balaban J connectivity index is 2.45. The monoisotopic (exact) mass is 304 g/mol. The third-order valence-electron chi connectivity index (χ3n) is 2.48. The summed E-state index contributed by atoms with van der Waals surface area (Å²) in [6.07, 6.45) is -0.936. The quantitative estimate of drug-likeness (QED) is 0.935. The van der Waals surface area contributed by atoms with E-state index < -0.39 is 11.7 Å². The molecule has 2 aromatic heterocycles. The number of rotatable bonds is 4. The fourth-order valence-electron chi connectivity index (χ4n) is 1.57. The summed E-state index contributed by atoms with van der Waals surface area (Å²) in [5.74, 6) is 0.216. The van der Waals surface area contributed by atoms with Crippen molar-refractivity contribution in [1.29, 1.82) is 0 Å². The molecule has 0 atom stereocenters. The first-order chi connectivity index (χ1) is 9.40. The topological polar surface area (TPSA) is 42.7 Å². The molecule has 0 saturated carbocycles. The van der Waals surface area contributed by atoms with Crippen LogP contribution in [0.15, 0.2) is 24.5 Å². The number of anilines is 1. The largest absolute Gasteiger partial charge is 0.416 e. The third kappa shape index (κ3) is 3.41. The van der Waals surface area contributed by atoms with Crippen LogP contribution in [-0.4, -0.2) is 21.3 Å². The molecule has 0 aliphatic rings. The summed E-state index contributed by atoms with van der Waals surface area (Å²) in [7, 11) is 0. The fraction of sp³-hybridized carbons (Fsp3) is 0.333. The van der Waals surface area contributed by atoms with Gasteiger partial charge in [0.05, 0.1) is 23.0 Å². The van der Waals surface area contributed by atoms with Gasteiger partial charge in [-0.25, -0.2) is 9.67 Å². The Kier molecular flexibility index (Phi) is 4.17. The molecule has 108 valence electrons. The summed E-state index contributed by atoms with van der Waals surface area (Å²) >= 11 is 5.71. The maximum atomic E-state index is 12.9. The van der Waals surface area contributed by atoms with Crippen molar-refractivity contribution in [2.75, 3.05) is 11.9 Å². The SMILES string of the molecule is CCCNc1cc(C(F)(F)F)cc(-n2cc(Cl)cn2)n1. The van der Waals surface area contributed by atoms with Gasteiger partial charge in [0.1, 0.15) is 5.82 Å². The molecule has 0 unspecified atom stereocenters. The Morgan fingerprint density at radius 3 is 2.65 bits per heavy atom. The van der Waals surface area contributed by atoms with Gasteiger partial charge in [0.25, 0.3) is 0 Å². The summed E-state index contributed by atoms with van der Waals surface area (Å²) in [4.78, 5) is 4.10. The van der Waals surface area contributed by atoms with Crippen molar-refractivity contribution in [3.63, 3.8) is 0 Å². The van der Waals surface area contributed by atoms with Crippen LogP contribution in [0.4, 0.5) is 19.0 Å². The normalized spacial score (nSPS) is 11.7. The van der Waals surface area contributed by atoms with Crippen LogP contribution in [0.3, 0.4) is 0 Å². The van der Waals surface area contributed by atoms with E-state index in [0.29, 0.717) is 11.6 Å². The number of alkyl halides is 3. The molecule has 0 aliphatic heterocycles. The number of nitrogens with zero attached hydrogens (tertiary/aromatic N) is 3. The van der Waals surface area contributed by atoms with Crippen LogP contribution in [0.2, 0.25) is 5.02 Å². The highest BCUT2D eigenvalue weighted by atomic mass is 35.5. The van der Waals surface area contributed by atoms with E-state index in [1.165, 1.54) is 17.1 Å². The summed E-state index contributed by atoms with van der Waals surface area (Å²) in [6, 6.07) is 1.91. The molecule has 20 heavy (non-hydrogen) atoms. The lowest BCUT2D eigenvalue weighted by molar-refractivity contribution is -0.137. The van der Waals surface area contributed by atoms with Gasteiger partial charge in [-0.15, -0.1) is 0 Å². The number of hydrogen-bond donors (Lipinski definition) is 1. The molecule has 2 heterocycles. The lowest BCUT2D eigenvalue weighted by atomic mass is 10.2. The highest BCUT2D eigenvalue weighted by Crippen LogP contribution is 2.31. The standard InChI is InChI=1S/C12H12ClF3N4/c1-2-3-17-10-4-8(12(14,15)16)5-11(19-10)20-7-9(13)6-18-20/h4-7H,2-3H2,1H3,(H,17,19). The van der Waals surface area contributed by atoms with Gasteiger partial charge in [-0.1, -0.05) is 18.5 Å². The Morgan fingerprint density at radius 1 is 1.35 bits per heavy atom. The van der Waals surface area contributed by atoms with Crippen molar-refractivity contribution in [2.45, 2.75) is 19.5 Å². The molecular weight excluding hydrogens is 293 g/mol. The molecule has 0 bridgehead atoms. The Bertz CT molecular complexity index is 595. The smallest absolute Gasteiger partial charge is 0.370 e. The van der Waals surface area contributed by atoms with Crippen LogP contribution in [0.1, 0.15) is 18.9 Å². The van der Waals surface area contributed by atoms with Gasteiger partial charge in [0, 0.05) is 6.54 Å². The van der Waals surface area contributed by atoms with Gasteiger partial charge in [0.2, 0.25) is 0 Å². The third-order valence-corrected chi connectivity index (χ3v) is 2.68. The van der Waals surface area contributed by atoms with Gasteiger partial charge in [-0.05, 0) is 18.6 Å². The minimum Gasteiger partial charge on any atom is -0.370 e. The molecule has 2 rings (SSSR count). The Hall–Kier alpha value is -1.76. The van der Waals surface area contributed by atoms with Crippen molar-refractivity contribution in [1.82, 2.24) is 14.8 Å². The van der Waals surface area contributed by atoms with Crippen LogP contribution in [0.5, 0.6) is 0 Å². The second kappa shape index (κ2) is 5.70. The van der Waals surface area contributed by atoms with Crippen LogP contribution < -0.4 is 5.32 Å². The van der Waals surface area contributed by atoms with Crippen molar-refractivity contribution in [2.24, 2.45) is 0 Å². The summed E-state index contributed by atoms with van der Waals surface area (Å²) in [5, 5.41) is 7.02. The van der Waals surface area contributed by atoms with E-state index in [0.717, 1.165) is 18.6 Å². The van der Waals surface area contributed by atoms with Crippen LogP contribution in [0, 0.1) is 0 Å². The first kappa shape index (κ1) is 14.6. The lowest BCUT2D eigenvalue weighted by Gasteiger charge is -2.12. The van der Waals surface area contributed by atoms with Gasteiger partial charge >= 0.3 is 6.18 Å². The van der Waals surface area contributed by atoms with Crippen molar-refractivity contribution in [3.8, 4) is 5.82 Å². The van der Waals surface area contributed by atoms with Gasteiger partial charge < -0.3 is 5.32 Å². The zero-order valence-corrected chi connectivity index (χ0v) is 11.3. The molecule has 0 aliphatic carbocycles. The first-order valence-electron chi connectivity index (χ1n) is 5.94. The lowest BCUT2D eigenvalue weighted by Crippen LogP contribution is -2.11. The summed E-state index contributed by atoms with van der Waals surface area (Å²) in [5.41, 5.74) is -0.785. The van der Waals surface area contributed by atoms with Gasteiger partial charge in [0.15, 0.2) is 5.82 Å². The van der Waals surface area contributed by atoms with E-state index in [9.17, 15) is 13.2 Å². The maximum absolute atomic E-state index is 12.9. The fourth-order valence-corrected chi connectivity index (χ4v) is 1.70. The van der Waals surface area contributed by atoms with E-state index in [1.54, 1.807) is 0 Å². The summed E-state index contributed by atoms with van der Waals surface area (Å²) < 4.78 is 39.8. The number of halogens is 4. The van der Waals surface area contributed by atoms with Crippen molar-refractivity contribution < 1.29 is 13.2 Å². The molecule has 4 nitrogen and oxygen atoms in total. The van der Waals surface area contributed by atoms with E-state index in [2.05, 4.69) is 15.4 Å². The zero-order valence-electron chi connectivity index (χ0n) is 10.6. The molecule has 0 saturated heterocycles. The van der Waals surface area contributed by atoms with E-state index in [4.69, 9.17) is 11.6 Å². The second-order valence-corrected chi connectivity index (χ2v) is 4.56. The highest BCUT2D eigenvalue weighted by Gasteiger charge is 2.32. The number of nitrogens with one attached hydrogen (secondary N) is 1. The van der Waals surface area contributed by atoms with E-state index >= 15 is 0 Å². The molecule has 2 aromatic rings. The molecule has 0 radical (unpaired) electrons. The van der Waals surface area contributed by atoms with E-state index in [-0.39, 0.29) is 11.6 Å². The van der Waals surface area contributed by atoms with E-state index in [1.807, 2.05) is 6.92 Å². The highest BCUT2D eigenvalue weighted by molar-refractivity contribution is 6.30. The van der Waals surface area contributed by atoms with Gasteiger partial charge in [-0.2, -0.15) is 18.3 Å². The molecule has 0 amide bonds.